The summed E-state index contributed by atoms with van der Waals surface area (Å²) in [7, 11) is -8.80. The predicted molar refractivity (Wildman–Crippen MR) is 183 cm³/mol. The summed E-state index contributed by atoms with van der Waals surface area (Å²) in [5, 5.41) is 30.0. The lowest BCUT2D eigenvalue weighted by Crippen LogP contribution is -2.73. The Balaban J connectivity index is 1.37. The van der Waals surface area contributed by atoms with Gasteiger partial charge < -0.3 is 31.1 Å². The number of carbonyl (C=O) groups excluding carboxylic acids is 3. The van der Waals surface area contributed by atoms with E-state index in [1.165, 1.54) is 12.3 Å². The fourth-order valence-electron chi connectivity index (χ4n) is 5.19. The van der Waals surface area contributed by atoms with Gasteiger partial charge in [-0.2, -0.15) is 8.42 Å². The van der Waals surface area contributed by atoms with Gasteiger partial charge in [-0.15, -0.1) is 16.4 Å². The number of hydrogen-bond donors (Lipinski definition) is 6. The van der Waals surface area contributed by atoms with Crippen molar-refractivity contribution < 1.29 is 51.1 Å². The molecule has 1 aliphatic heterocycles. The maximum Gasteiger partial charge on any atom is 0.362 e. The summed E-state index contributed by atoms with van der Waals surface area (Å²) in [6.45, 7) is 3.24. The van der Waals surface area contributed by atoms with Gasteiger partial charge in [0.25, 0.3) is 11.8 Å². The Morgan fingerprint density at radius 2 is 1.87 bits per heavy atom. The summed E-state index contributed by atoms with van der Waals surface area (Å²) >= 11 is 0.916. The average Bonchev–Trinajstić information content (AvgIpc) is 3.50. The molecule has 4 heterocycles. The van der Waals surface area contributed by atoms with Crippen LogP contribution in [0, 0.1) is 5.41 Å². The zero-order chi connectivity index (χ0) is 39.4. The number of anilines is 1. The van der Waals surface area contributed by atoms with Crippen LogP contribution >= 0.6 is 11.3 Å². The molecule has 2 aliphatic rings. The quantitative estimate of drug-likeness (QED) is 0.0605. The molecule has 2 atom stereocenters. The highest BCUT2D eigenvalue weighted by atomic mass is 32.2. The normalized spacial score (nSPS) is 18.6. The first-order valence-electron chi connectivity index (χ1n) is 15.2. The number of carbonyl (C=O) groups is 4. The molecule has 23 nitrogen and oxygen atoms in total. The van der Waals surface area contributed by atoms with Crippen LogP contribution in [0.25, 0.3) is 11.5 Å². The summed E-state index contributed by atoms with van der Waals surface area (Å²) in [6, 6.07) is -3.35. The SMILES string of the molecule is C[C@H]1[C@H](NC(=O)/C(=N\OC(C)(C)C(=O)O)c2csc(N)n2)C(=O)N1C(=O)NS(=O)(=O)n1nc(-c2cc(=O)c(O)c[nH]2)n(CC2(CS(C)(=O)=O)CC2)c1=O. The molecule has 2 fully saturated rings. The molecular weight excluding hydrogens is 769 g/mol. The molecule has 4 amide bonds. The lowest BCUT2D eigenvalue weighted by atomic mass is 9.97. The fraction of sp³-hybridized carbons (Fsp3) is 0.444. The number of hydrogen-bond acceptors (Lipinski definition) is 17. The number of aliphatic carboxylic acids is 1. The number of carboxylic acid groups (broad SMARTS) is 1. The minimum absolute atomic E-state index is 0.0171. The second-order valence-corrected chi connectivity index (χ2v) is 17.5. The van der Waals surface area contributed by atoms with Crippen LogP contribution in [0.4, 0.5) is 9.93 Å². The molecule has 0 bridgehead atoms. The van der Waals surface area contributed by atoms with Gasteiger partial charge in [-0.1, -0.05) is 9.24 Å². The van der Waals surface area contributed by atoms with E-state index in [1.54, 1.807) is 4.72 Å². The van der Waals surface area contributed by atoms with Crippen LogP contribution in [-0.4, -0.2) is 115 Å². The molecule has 1 aliphatic carbocycles. The summed E-state index contributed by atoms with van der Waals surface area (Å²) in [4.78, 5) is 88.5. The third-order valence-electron chi connectivity index (χ3n) is 8.19. The number of nitrogens with zero attached hydrogens (tertiary/aromatic N) is 6. The Morgan fingerprint density at radius 3 is 2.40 bits per heavy atom. The number of sulfone groups is 1. The first-order chi connectivity index (χ1) is 24.4. The molecule has 0 spiro atoms. The van der Waals surface area contributed by atoms with Crippen molar-refractivity contribution in [3.63, 3.8) is 0 Å². The second-order valence-electron chi connectivity index (χ2n) is 12.9. The largest absolute Gasteiger partial charge is 0.503 e. The Kier molecular flexibility index (Phi) is 9.77. The molecule has 286 valence electrons. The summed E-state index contributed by atoms with van der Waals surface area (Å²) in [6.07, 6.45) is 2.57. The highest BCUT2D eigenvalue weighted by Gasteiger charge is 2.51. The van der Waals surface area contributed by atoms with Crippen LogP contribution in [0.3, 0.4) is 0 Å². The van der Waals surface area contributed by atoms with Gasteiger partial charge in [-0.25, -0.2) is 32.5 Å². The Morgan fingerprint density at radius 1 is 1.21 bits per heavy atom. The number of aromatic nitrogens is 5. The molecule has 5 rings (SSSR count). The van der Waals surface area contributed by atoms with E-state index in [0.29, 0.717) is 17.7 Å². The number of nitrogen functional groups attached to an aromatic ring is 1. The zero-order valence-electron chi connectivity index (χ0n) is 28.1. The molecule has 3 aromatic heterocycles. The number of β-lactam (4-membered cyclic amide) rings is 1. The number of nitrogens with one attached hydrogen (secondary N) is 3. The van der Waals surface area contributed by atoms with Crippen molar-refractivity contribution >= 4 is 66.0 Å². The topological polar surface area (TPSA) is 338 Å². The minimum Gasteiger partial charge on any atom is -0.503 e. The highest BCUT2D eigenvalue weighted by Crippen LogP contribution is 2.48. The second kappa shape index (κ2) is 13.4. The molecular formula is C27H32N10O13S3. The number of thiazole rings is 1. The Bertz CT molecular complexity index is 2410. The number of oxime groups is 1. The number of urea groups is 1. The Labute approximate surface area is 302 Å². The number of aromatic hydroxyl groups is 1. The molecule has 0 aromatic carbocycles. The minimum atomic E-state index is -5.24. The number of likely N-dealkylation sites (tertiary alicyclic amines) is 1. The monoisotopic (exact) mass is 800 g/mol. The van der Waals surface area contributed by atoms with E-state index in [9.17, 15) is 55.8 Å². The van der Waals surface area contributed by atoms with Crippen LogP contribution in [0.5, 0.6) is 5.75 Å². The molecule has 1 saturated heterocycles. The van der Waals surface area contributed by atoms with Gasteiger partial charge >= 0.3 is 27.9 Å². The number of aromatic amines is 1. The van der Waals surface area contributed by atoms with Gasteiger partial charge in [0.15, 0.2) is 22.4 Å². The van der Waals surface area contributed by atoms with E-state index in [2.05, 4.69) is 25.5 Å². The first kappa shape index (κ1) is 38.6. The van der Waals surface area contributed by atoms with E-state index >= 15 is 0 Å². The third kappa shape index (κ3) is 7.92. The molecule has 0 radical (unpaired) electrons. The average molecular weight is 801 g/mol. The van der Waals surface area contributed by atoms with Gasteiger partial charge in [-0.3, -0.25) is 23.9 Å². The maximum absolute atomic E-state index is 13.6. The number of H-pyrrole nitrogens is 1. The molecule has 53 heavy (non-hydrogen) atoms. The lowest BCUT2D eigenvalue weighted by molar-refractivity contribution is -0.161. The third-order valence-corrected chi connectivity index (χ3v) is 11.1. The van der Waals surface area contributed by atoms with Crippen LogP contribution in [0.2, 0.25) is 0 Å². The zero-order valence-corrected chi connectivity index (χ0v) is 30.5. The molecule has 3 aromatic rings. The van der Waals surface area contributed by atoms with Crippen molar-refractivity contribution in [3.8, 4) is 17.3 Å². The van der Waals surface area contributed by atoms with Gasteiger partial charge in [0.05, 0.1) is 17.5 Å². The number of carboxylic acids is 1. The maximum atomic E-state index is 13.6. The smallest absolute Gasteiger partial charge is 0.362 e. The number of rotatable bonds is 13. The van der Waals surface area contributed by atoms with Crippen molar-refractivity contribution in [1.29, 1.82) is 0 Å². The summed E-state index contributed by atoms with van der Waals surface area (Å²) < 4.78 is 53.2. The van der Waals surface area contributed by atoms with E-state index < -0.39 is 95.4 Å². The van der Waals surface area contributed by atoms with Crippen LogP contribution in [-0.2, 0) is 45.8 Å². The Hall–Kier alpha value is -5.63. The van der Waals surface area contributed by atoms with Crippen molar-refractivity contribution in [3.05, 3.63) is 44.0 Å². The molecule has 1 saturated carbocycles. The van der Waals surface area contributed by atoms with Crippen LogP contribution in [0.1, 0.15) is 39.3 Å². The van der Waals surface area contributed by atoms with Gasteiger partial charge in [-0.05, 0) is 33.6 Å². The van der Waals surface area contributed by atoms with Gasteiger partial charge in [0, 0.05) is 35.9 Å². The van der Waals surface area contributed by atoms with Crippen molar-refractivity contribution in [1.82, 2.24) is 38.7 Å². The summed E-state index contributed by atoms with van der Waals surface area (Å²) in [5.74, 6) is -5.10. The van der Waals surface area contributed by atoms with E-state index in [-0.39, 0.29) is 32.9 Å². The highest BCUT2D eigenvalue weighted by molar-refractivity contribution is 7.90. The lowest BCUT2D eigenvalue weighted by Gasteiger charge is -2.43. The van der Waals surface area contributed by atoms with E-state index in [1.807, 2.05) is 0 Å². The number of nitrogens with two attached hydrogens (primary N) is 1. The van der Waals surface area contributed by atoms with Crippen LogP contribution in [0.15, 0.2) is 32.4 Å². The van der Waals surface area contributed by atoms with Gasteiger partial charge in [0.1, 0.15) is 21.6 Å². The number of pyridine rings is 1. The fourth-order valence-corrected chi connectivity index (χ4v) is 8.12. The molecule has 26 heteroatoms. The number of imide groups is 1. The van der Waals surface area contributed by atoms with Gasteiger partial charge in [0.2, 0.25) is 11.0 Å². The van der Waals surface area contributed by atoms with Crippen LogP contribution < -0.4 is 26.9 Å². The number of amides is 4. The van der Waals surface area contributed by atoms with E-state index in [0.717, 1.165) is 48.3 Å². The summed E-state index contributed by atoms with van der Waals surface area (Å²) in [5.41, 5.74) is -0.403. The van der Waals surface area contributed by atoms with Crippen molar-refractivity contribution in [2.24, 2.45) is 10.6 Å². The molecule has 0 unspecified atom stereocenters. The predicted octanol–water partition coefficient (Wildman–Crippen LogP) is -2.23. The van der Waals surface area contributed by atoms with E-state index in [4.69, 9.17) is 10.6 Å². The van der Waals surface area contributed by atoms with Crippen molar-refractivity contribution in [2.45, 2.75) is 57.8 Å². The van der Waals surface area contributed by atoms with Crippen molar-refractivity contribution in [2.75, 3.05) is 17.7 Å². The molecule has 7 N–H and O–H groups in total. The first-order valence-corrected chi connectivity index (χ1v) is 19.6. The standard InChI is InChI=1S/C27H32N10O13S3/c1-12-17(31-20(40)18(14-9-51-23(28)30-14)33-50-26(2,3)22(42)43)21(41)36(12)24(44)34-53(48,49)37-25(45)35(10-27(5-6-27)11-52(4,46)47)19(32-37)13-7-15(38)16(39)8-29-13/h7-9,12,17,39H,5-6,10-11H2,1-4H3,(H2,28,30)(H,29,38)(H,31,40)(H,34,44)(H,42,43)/b33-18-/t12-,17-/m0/s1.